The molecule has 220 valence electrons. The molecule has 47 heavy (non-hydrogen) atoms. The van der Waals surface area contributed by atoms with E-state index in [4.69, 9.17) is 15.0 Å². The monoisotopic (exact) mass is 600 g/mol. The van der Waals surface area contributed by atoms with Gasteiger partial charge in [0.25, 0.3) is 0 Å². The zero-order valence-electron chi connectivity index (χ0n) is 25.5. The van der Waals surface area contributed by atoms with E-state index in [0.717, 1.165) is 55.2 Å². The minimum Gasteiger partial charge on any atom is -0.278 e. The molecule has 2 heterocycles. The van der Waals surface area contributed by atoms with E-state index in [1.807, 2.05) is 12.1 Å². The van der Waals surface area contributed by atoms with Crippen LogP contribution in [0.1, 0.15) is 0 Å². The van der Waals surface area contributed by atoms with Crippen molar-refractivity contribution in [2.24, 2.45) is 0 Å². The van der Waals surface area contributed by atoms with Crippen molar-refractivity contribution in [3.8, 4) is 51.0 Å². The molecule has 2 aromatic heterocycles. The summed E-state index contributed by atoms with van der Waals surface area (Å²) in [5.41, 5.74) is 8.37. The van der Waals surface area contributed by atoms with Gasteiger partial charge in [0.2, 0.25) is 5.95 Å². The minimum atomic E-state index is 0.581. The summed E-state index contributed by atoms with van der Waals surface area (Å²) in [4.78, 5) is 15.8. The molecule has 7 aromatic carbocycles. The Hall–Kier alpha value is -6.39. The second kappa shape index (κ2) is 11.2. The molecule has 0 aliphatic heterocycles. The van der Waals surface area contributed by atoms with Crippen LogP contribution < -0.4 is 0 Å². The van der Waals surface area contributed by atoms with E-state index in [-0.39, 0.29) is 0 Å². The second-order valence-electron chi connectivity index (χ2n) is 11.7. The van der Waals surface area contributed by atoms with Crippen molar-refractivity contribution < 1.29 is 0 Å². The maximum Gasteiger partial charge on any atom is 0.238 e. The Morgan fingerprint density at radius 1 is 0.340 bits per heavy atom. The normalized spacial score (nSPS) is 11.4. The van der Waals surface area contributed by atoms with Gasteiger partial charge in [-0.15, -0.1) is 0 Å². The Kier molecular flexibility index (Phi) is 6.43. The first-order valence-electron chi connectivity index (χ1n) is 15.8. The van der Waals surface area contributed by atoms with Crippen LogP contribution >= 0.6 is 0 Å². The van der Waals surface area contributed by atoms with Gasteiger partial charge in [0.1, 0.15) is 0 Å². The Morgan fingerprint density at radius 3 is 1.40 bits per heavy atom. The number of hydrogen-bond acceptors (Lipinski definition) is 3. The number of benzene rings is 7. The summed E-state index contributed by atoms with van der Waals surface area (Å²) < 4.78 is 2.20. The van der Waals surface area contributed by atoms with Gasteiger partial charge in [-0.3, -0.25) is 4.57 Å². The third-order valence-corrected chi connectivity index (χ3v) is 8.87. The van der Waals surface area contributed by atoms with Gasteiger partial charge < -0.3 is 0 Å². The molecule has 9 rings (SSSR count). The van der Waals surface area contributed by atoms with Crippen LogP contribution in [0.15, 0.2) is 170 Å². The maximum absolute atomic E-state index is 5.28. The van der Waals surface area contributed by atoms with Gasteiger partial charge in [0.15, 0.2) is 11.6 Å². The molecule has 9 aromatic rings. The third kappa shape index (κ3) is 4.66. The first-order valence-corrected chi connectivity index (χ1v) is 15.8. The van der Waals surface area contributed by atoms with Gasteiger partial charge >= 0.3 is 0 Å². The SMILES string of the molecule is c1ccc(-c2ccccc2-c2nc(-c3ccccc3-c3ccccc3)nc(-n3c4ccccc4c4cc5ccccc5cc43)n2)cc1. The molecule has 4 nitrogen and oxygen atoms in total. The van der Waals surface area contributed by atoms with Crippen LogP contribution in [0.4, 0.5) is 0 Å². The summed E-state index contributed by atoms with van der Waals surface area (Å²) >= 11 is 0. The van der Waals surface area contributed by atoms with Crippen LogP contribution in [0.25, 0.3) is 83.6 Å². The zero-order valence-corrected chi connectivity index (χ0v) is 25.5. The number of nitrogens with zero attached hydrogens (tertiary/aromatic N) is 4. The van der Waals surface area contributed by atoms with E-state index in [0.29, 0.717) is 17.6 Å². The van der Waals surface area contributed by atoms with Crippen LogP contribution in [0.2, 0.25) is 0 Å². The molecule has 0 saturated carbocycles. The molecule has 0 fully saturated rings. The number of hydrogen-bond donors (Lipinski definition) is 0. The average molecular weight is 601 g/mol. The van der Waals surface area contributed by atoms with E-state index in [9.17, 15) is 0 Å². The van der Waals surface area contributed by atoms with Gasteiger partial charge in [-0.05, 0) is 51.2 Å². The number of para-hydroxylation sites is 1. The lowest BCUT2D eigenvalue weighted by Crippen LogP contribution is -2.07. The van der Waals surface area contributed by atoms with Crippen molar-refractivity contribution in [1.82, 2.24) is 19.5 Å². The fraction of sp³-hybridized carbons (Fsp3) is 0. The summed E-state index contributed by atoms with van der Waals surface area (Å²) in [5.74, 6) is 1.83. The Morgan fingerprint density at radius 2 is 0.809 bits per heavy atom. The fourth-order valence-corrected chi connectivity index (χ4v) is 6.67. The maximum atomic E-state index is 5.28. The van der Waals surface area contributed by atoms with Crippen molar-refractivity contribution in [3.63, 3.8) is 0 Å². The minimum absolute atomic E-state index is 0.581. The highest BCUT2D eigenvalue weighted by Crippen LogP contribution is 2.37. The molecule has 0 unspecified atom stereocenters. The van der Waals surface area contributed by atoms with E-state index in [2.05, 4.69) is 162 Å². The highest BCUT2D eigenvalue weighted by Gasteiger charge is 2.20. The van der Waals surface area contributed by atoms with Crippen molar-refractivity contribution in [2.45, 2.75) is 0 Å². The summed E-state index contributed by atoms with van der Waals surface area (Å²) in [7, 11) is 0. The standard InChI is InChI=1S/C43H28N4/c1-3-15-29(16-4-1)33-21-9-11-24-36(33)41-44-42(37-25-12-10-22-34(37)30-17-5-2-6-18-30)46-43(45-41)47-39-26-14-13-23-35(39)38-27-31-19-7-8-20-32(31)28-40(38)47/h1-28H. The topological polar surface area (TPSA) is 43.6 Å². The van der Waals surface area contributed by atoms with Gasteiger partial charge in [0.05, 0.1) is 11.0 Å². The lowest BCUT2D eigenvalue weighted by molar-refractivity contribution is 0.954. The molecule has 0 bridgehead atoms. The molecule has 0 aliphatic carbocycles. The molecular weight excluding hydrogens is 573 g/mol. The highest BCUT2D eigenvalue weighted by atomic mass is 15.2. The van der Waals surface area contributed by atoms with Gasteiger partial charge in [-0.25, -0.2) is 4.98 Å². The molecule has 0 radical (unpaired) electrons. The molecule has 4 heteroatoms. The molecule has 0 N–H and O–H groups in total. The Bertz CT molecular complexity index is 2470. The number of fused-ring (bicyclic) bond motifs is 4. The van der Waals surface area contributed by atoms with Gasteiger partial charge in [0, 0.05) is 21.9 Å². The summed E-state index contributed by atoms with van der Waals surface area (Å²) in [5, 5.41) is 4.69. The number of rotatable bonds is 5. The van der Waals surface area contributed by atoms with Gasteiger partial charge in [-0.1, -0.05) is 152 Å². The van der Waals surface area contributed by atoms with Crippen molar-refractivity contribution in [1.29, 1.82) is 0 Å². The Balaban J connectivity index is 1.37. The summed E-state index contributed by atoms with van der Waals surface area (Å²) in [6, 6.07) is 59.1. The second-order valence-corrected chi connectivity index (χ2v) is 11.7. The lowest BCUT2D eigenvalue weighted by Gasteiger charge is -2.15. The predicted molar refractivity (Wildman–Crippen MR) is 193 cm³/mol. The van der Waals surface area contributed by atoms with Crippen molar-refractivity contribution in [2.75, 3.05) is 0 Å². The first-order chi connectivity index (χ1) is 23.3. The van der Waals surface area contributed by atoms with Crippen LogP contribution in [0.3, 0.4) is 0 Å². The fourth-order valence-electron chi connectivity index (χ4n) is 6.67. The third-order valence-electron chi connectivity index (χ3n) is 8.87. The predicted octanol–water partition coefficient (Wildman–Crippen LogP) is 10.8. The molecular formula is C43H28N4. The molecule has 0 atom stereocenters. The average Bonchev–Trinajstić information content (AvgIpc) is 3.47. The van der Waals surface area contributed by atoms with Gasteiger partial charge in [-0.2, -0.15) is 9.97 Å². The summed E-state index contributed by atoms with van der Waals surface area (Å²) in [6.45, 7) is 0. The van der Waals surface area contributed by atoms with Crippen LogP contribution in [0, 0.1) is 0 Å². The first kappa shape index (κ1) is 27.0. The van der Waals surface area contributed by atoms with E-state index >= 15 is 0 Å². The quantitative estimate of drug-likeness (QED) is 0.197. The van der Waals surface area contributed by atoms with Crippen LogP contribution in [0.5, 0.6) is 0 Å². The van der Waals surface area contributed by atoms with Crippen LogP contribution in [-0.2, 0) is 0 Å². The van der Waals surface area contributed by atoms with E-state index in [1.165, 1.54) is 10.8 Å². The molecule has 0 saturated heterocycles. The number of aromatic nitrogens is 4. The Labute approximate surface area is 272 Å². The highest BCUT2D eigenvalue weighted by molar-refractivity contribution is 6.13. The van der Waals surface area contributed by atoms with Crippen molar-refractivity contribution in [3.05, 3.63) is 170 Å². The molecule has 0 aliphatic rings. The van der Waals surface area contributed by atoms with Crippen molar-refractivity contribution >= 4 is 32.6 Å². The molecule has 0 spiro atoms. The van der Waals surface area contributed by atoms with E-state index in [1.54, 1.807) is 0 Å². The summed E-state index contributed by atoms with van der Waals surface area (Å²) in [6.07, 6.45) is 0. The molecule has 0 amide bonds. The van der Waals surface area contributed by atoms with E-state index < -0.39 is 0 Å². The zero-order chi connectivity index (χ0) is 31.2. The smallest absolute Gasteiger partial charge is 0.238 e. The lowest BCUT2D eigenvalue weighted by atomic mass is 9.98. The largest absolute Gasteiger partial charge is 0.278 e. The van der Waals surface area contributed by atoms with Crippen LogP contribution in [-0.4, -0.2) is 19.5 Å².